The standard InChI is InChI=1S/C12H15F2N3O2/c1-12(2,11(15)17-19)6-16-10(18)7-3-8(13)5-9(14)4-7/h3-5,19H,6H2,1-2H3,(H2,15,17)(H,16,18). The lowest BCUT2D eigenvalue weighted by molar-refractivity contribution is 0.0943. The molecule has 0 aromatic heterocycles. The van der Waals surface area contributed by atoms with Gasteiger partial charge < -0.3 is 16.3 Å². The van der Waals surface area contributed by atoms with Crippen molar-refractivity contribution in [3.63, 3.8) is 0 Å². The molecule has 1 aromatic carbocycles. The second-order valence-electron chi connectivity index (χ2n) is 4.71. The summed E-state index contributed by atoms with van der Waals surface area (Å²) in [7, 11) is 0. The van der Waals surface area contributed by atoms with E-state index in [2.05, 4.69) is 10.5 Å². The Labute approximate surface area is 109 Å². The Bertz CT molecular complexity index is 495. The molecule has 1 rings (SSSR count). The van der Waals surface area contributed by atoms with Crippen molar-refractivity contribution < 1.29 is 18.8 Å². The summed E-state index contributed by atoms with van der Waals surface area (Å²) in [4.78, 5) is 11.7. The van der Waals surface area contributed by atoms with E-state index >= 15 is 0 Å². The van der Waals surface area contributed by atoms with Gasteiger partial charge in [0.2, 0.25) is 0 Å². The predicted octanol–water partition coefficient (Wildman–Crippen LogP) is 1.47. The van der Waals surface area contributed by atoms with E-state index in [1.807, 2.05) is 0 Å². The van der Waals surface area contributed by atoms with Gasteiger partial charge in [-0.1, -0.05) is 19.0 Å². The number of carbonyl (C=O) groups is 1. The Morgan fingerprint density at radius 2 is 1.89 bits per heavy atom. The van der Waals surface area contributed by atoms with Crippen LogP contribution in [0.1, 0.15) is 24.2 Å². The number of nitrogens with two attached hydrogens (primary N) is 1. The van der Waals surface area contributed by atoms with E-state index in [4.69, 9.17) is 10.9 Å². The Balaban J connectivity index is 2.76. The molecule has 19 heavy (non-hydrogen) atoms. The fourth-order valence-corrected chi connectivity index (χ4v) is 1.31. The van der Waals surface area contributed by atoms with Crippen LogP contribution in [0.15, 0.2) is 23.4 Å². The molecular weight excluding hydrogens is 256 g/mol. The van der Waals surface area contributed by atoms with E-state index in [0.29, 0.717) is 6.07 Å². The minimum atomic E-state index is -0.833. The summed E-state index contributed by atoms with van der Waals surface area (Å²) in [6.45, 7) is 3.35. The number of amidine groups is 1. The van der Waals surface area contributed by atoms with Crippen LogP contribution < -0.4 is 11.1 Å². The van der Waals surface area contributed by atoms with Gasteiger partial charge in [-0.2, -0.15) is 0 Å². The molecule has 0 aliphatic rings. The van der Waals surface area contributed by atoms with Crippen LogP contribution in [0.4, 0.5) is 8.78 Å². The normalized spacial score (nSPS) is 12.3. The van der Waals surface area contributed by atoms with Crippen LogP contribution >= 0.6 is 0 Å². The molecule has 0 saturated carbocycles. The fourth-order valence-electron chi connectivity index (χ4n) is 1.31. The van der Waals surface area contributed by atoms with Crippen LogP contribution in [-0.2, 0) is 0 Å². The van der Waals surface area contributed by atoms with E-state index in [1.165, 1.54) is 0 Å². The molecule has 0 bridgehead atoms. The quantitative estimate of drug-likeness (QED) is 0.335. The number of rotatable bonds is 4. The van der Waals surface area contributed by atoms with Gasteiger partial charge in [-0.05, 0) is 12.1 Å². The number of benzene rings is 1. The third-order valence-corrected chi connectivity index (χ3v) is 2.62. The van der Waals surface area contributed by atoms with Crippen LogP contribution in [-0.4, -0.2) is 23.5 Å². The van der Waals surface area contributed by atoms with Gasteiger partial charge in [0.05, 0.1) is 0 Å². The first-order valence-electron chi connectivity index (χ1n) is 5.48. The highest BCUT2D eigenvalue weighted by Crippen LogP contribution is 2.14. The fraction of sp³-hybridized carbons (Fsp3) is 0.333. The highest BCUT2D eigenvalue weighted by atomic mass is 19.1. The van der Waals surface area contributed by atoms with Crippen molar-refractivity contribution >= 4 is 11.7 Å². The van der Waals surface area contributed by atoms with Gasteiger partial charge in [-0.15, -0.1) is 0 Å². The maximum atomic E-state index is 13.0. The van der Waals surface area contributed by atoms with E-state index in [1.54, 1.807) is 13.8 Å². The van der Waals surface area contributed by atoms with Crippen molar-refractivity contribution in [1.29, 1.82) is 0 Å². The predicted molar refractivity (Wildman–Crippen MR) is 65.9 cm³/mol. The molecule has 0 atom stereocenters. The van der Waals surface area contributed by atoms with Crippen molar-refractivity contribution in [2.75, 3.05) is 6.54 Å². The van der Waals surface area contributed by atoms with Crippen molar-refractivity contribution in [3.8, 4) is 0 Å². The lowest BCUT2D eigenvalue weighted by Gasteiger charge is -2.23. The Morgan fingerprint density at radius 1 is 1.37 bits per heavy atom. The van der Waals surface area contributed by atoms with Gasteiger partial charge in [0.15, 0.2) is 0 Å². The van der Waals surface area contributed by atoms with E-state index in [0.717, 1.165) is 12.1 Å². The Morgan fingerprint density at radius 3 is 2.37 bits per heavy atom. The minimum Gasteiger partial charge on any atom is -0.409 e. The number of halogens is 2. The van der Waals surface area contributed by atoms with E-state index in [-0.39, 0.29) is 17.9 Å². The van der Waals surface area contributed by atoms with Crippen molar-refractivity contribution in [1.82, 2.24) is 5.32 Å². The largest absolute Gasteiger partial charge is 0.409 e. The molecule has 5 nitrogen and oxygen atoms in total. The average Bonchev–Trinajstić information content (AvgIpc) is 2.33. The molecule has 0 aliphatic carbocycles. The highest BCUT2D eigenvalue weighted by molar-refractivity contribution is 5.95. The van der Waals surface area contributed by atoms with Crippen molar-refractivity contribution in [3.05, 3.63) is 35.4 Å². The third kappa shape index (κ3) is 3.90. The smallest absolute Gasteiger partial charge is 0.251 e. The summed E-state index contributed by atoms with van der Waals surface area (Å²) in [5, 5.41) is 13.9. The molecule has 0 heterocycles. The molecular formula is C12H15F2N3O2. The summed E-state index contributed by atoms with van der Waals surface area (Å²) >= 11 is 0. The molecule has 4 N–H and O–H groups in total. The SMILES string of the molecule is CC(C)(CNC(=O)c1cc(F)cc(F)c1)/C(N)=N/O. The number of amides is 1. The number of oxime groups is 1. The number of nitrogens with one attached hydrogen (secondary N) is 1. The molecule has 104 valence electrons. The minimum absolute atomic E-state index is 0.0554. The summed E-state index contributed by atoms with van der Waals surface area (Å²) in [6.07, 6.45) is 0. The average molecular weight is 271 g/mol. The second-order valence-corrected chi connectivity index (χ2v) is 4.71. The summed E-state index contributed by atoms with van der Waals surface area (Å²) in [5.41, 5.74) is 4.54. The maximum absolute atomic E-state index is 13.0. The molecule has 0 spiro atoms. The number of hydrogen-bond acceptors (Lipinski definition) is 3. The number of carbonyl (C=O) groups excluding carboxylic acids is 1. The topological polar surface area (TPSA) is 87.7 Å². The summed E-state index contributed by atoms with van der Waals surface area (Å²) in [5.74, 6) is -2.36. The van der Waals surface area contributed by atoms with Crippen LogP contribution in [0.5, 0.6) is 0 Å². The molecule has 1 aromatic rings. The van der Waals surface area contributed by atoms with Gasteiger partial charge in [-0.3, -0.25) is 4.79 Å². The van der Waals surface area contributed by atoms with Gasteiger partial charge in [0.25, 0.3) is 5.91 Å². The van der Waals surface area contributed by atoms with Crippen LogP contribution in [0.2, 0.25) is 0 Å². The molecule has 7 heteroatoms. The first kappa shape index (κ1) is 14.9. The van der Waals surface area contributed by atoms with Gasteiger partial charge in [0, 0.05) is 23.6 Å². The number of nitrogens with zero attached hydrogens (tertiary/aromatic N) is 1. The number of hydrogen-bond donors (Lipinski definition) is 3. The van der Waals surface area contributed by atoms with Gasteiger partial charge in [0.1, 0.15) is 17.5 Å². The second kappa shape index (κ2) is 5.64. The van der Waals surface area contributed by atoms with Gasteiger partial charge in [-0.25, -0.2) is 8.78 Å². The third-order valence-electron chi connectivity index (χ3n) is 2.62. The zero-order valence-electron chi connectivity index (χ0n) is 10.6. The molecule has 0 fully saturated rings. The zero-order chi connectivity index (χ0) is 14.6. The van der Waals surface area contributed by atoms with Gasteiger partial charge >= 0.3 is 0 Å². The first-order valence-corrected chi connectivity index (χ1v) is 5.48. The van der Waals surface area contributed by atoms with Crippen LogP contribution in [0.3, 0.4) is 0 Å². The van der Waals surface area contributed by atoms with E-state index < -0.39 is 23.0 Å². The molecule has 0 radical (unpaired) electrons. The zero-order valence-corrected chi connectivity index (χ0v) is 10.6. The first-order chi connectivity index (χ1) is 8.76. The van der Waals surface area contributed by atoms with Crippen LogP contribution in [0, 0.1) is 17.0 Å². The monoisotopic (exact) mass is 271 g/mol. The van der Waals surface area contributed by atoms with Crippen molar-refractivity contribution in [2.24, 2.45) is 16.3 Å². The molecule has 1 amide bonds. The highest BCUT2D eigenvalue weighted by Gasteiger charge is 2.24. The molecule has 0 aliphatic heterocycles. The van der Waals surface area contributed by atoms with E-state index in [9.17, 15) is 13.6 Å². The molecule has 0 saturated heterocycles. The summed E-state index contributed by atoms with van der Waals surface area (Å²) in [6, 6.07) is 2.53. The summed E-state index contributed by atoms with van der Waals surface area (Å²) < 4.78 is 25.9. The van der Waals surface area contributed by atoms with Crippen molar-refractivity contribution in [2.45, 2.75) is 13.8 Å². The maximum Gasteiger partial charge on any atom is 0.251 e. The lowest BCUT2D eigenvalue weighted by Crippen LogP contribution is -2.42. The molecule has 0 unspecified atom stereocenters. The lowest BCUT2D eigenvalue weighted by atomic mass is 9.92. The Hall–Kier alpha value is -2.18. The van der Waals surface area contributed by atoms with Crippen LogP contribution in [0.25, 0.3) is 0 Å². The Kier molecular flexibility index (Phi) is 4.42.